The maximum Gasteiger partial charge on any atom is 0.148 e. The van der Waals surface area contributed by atoms with E-state index in [1.165, 1.54) is 6.07 Å². The van der Waals surface area contributed by atoms with Crippen LogP contribution < -0.4 is 11.1 Å². The van der Waals surface area contributed by atoms with Gasteiger partial charge in [0.15, 0.2) is 0 Å². The highest BCUT2D eigenvalue weighted by Crippen LogP contribution is 2.18. The first-order valence-electron chi connectivity index (χ1n) is 6.15. The highest BCUT2D eigenvalue weighted by atomic mass is 19.1. The summed E-state index contributed by atoms with van der Waals surface area (Å²) < 4.78 is 13.7. The Morgan fingerprint density at radius 2 is 1.89 bits per heavy atom. The normalized spacial score (nSPS) is 12.1. The van der Waals surface area contributed by atoms with Crippen LogP contribution in [0.1, 0.15) is 5.56 Å². The molecular weight excluding hydrogens is 243 g/mol. The predicted octanol–water partition coefficient (Wildman–Crippen LogP) is 2.42. The first-order valence-corrected chi connectivity index (χ1v) is 6.15. The van der Waals surface area contributed by atoms with Crippen molar-refractivity contribution in [1.29, 1.82) is 0 Å². The molecule has 0 radical (unpaired) electrons. The molecule has 0 aromatic heterocycles. The molecule has 0 bridgehead atoms. The molecule has 2 rings (SSSR count). The second-order valence-corrected chi connectivity index (χ2v) is 4.45. The van der Waals surface area contributed by atoms with E-state index in [9.17, 15) is 9.50 Å². The maximum atomic E-state index is 13.7. The Kier molecular flexibility index (Phi) is 4.36. The lowest BCUT2D eigenvalue weighted by Gasteiger charge is -2.18. The minimum Gasteiger partial charge on any atom is -0.399 e. The van der Waals surface area contributed by atoms with E-state index in [0.717, 1.165) is 5.56 Å². The summed E-state index contributed by atoms with van der Waals surface area (Å²) in [5.74, 6) is -0.411. The molecule has 0 aliphatic heterocycles. The van der Waals surface area contributed by atoms with Crippen LogP contribution in [0.5, 0.6) is 0 Å². The van der Waals surface area contributed by atoms with Crippen molar-refractivity contribution in [1.82, 2.24) is 0 Å². The number of aliphatic hydroxyl groups excluding tert-OH is 1. The number of halogens is 1. The number of anilines is 2. The number of rotatable bonds is 5. The number of hydrogen-bond donors (Lipinski definition) is 3. The van der Waals surface area contributed by atoms with Gasteiger partial charge in [-0.2, -0.15) is 0 Å². The zero-order chi connectivity index (χ0) is 13.7. The smallest absolute Gasteiger partial charge is 0.148 e. The van der Waals surface area contributed by atoms with Gasteiger partial charge in [0, 0.05) is 5.69 Å². The van der Waals surface area contributed by atoms with Crippen molar-refractivity contribution in [3.63, 3.8) is 0 Å². The van der Waals surface area contributed by atoms with E-state index in [1.807, 2.05) is 30.3 Å². The van der Waals surface area contributed by atoms with Crippen molar-refractivity contribution in [3.8, 4) is 0 Å². The van der Waals surface area contributed by atoms with Crippen molar-refractivity contribution >= 4 is 11.4 Å². The fourth-order valence-electron chi connectivity index (χ4n) is 1.93. The van der Waals surface area contributed by atoms with Gasteiger partial charge in [0.05, 0.1) is 18.3 Å². The molecule has 2 aromatic rings. The lowest BCUT2D eigenvalue weighted by molar-refractivity contribution is 0.273. The number of hydrogen-bond acceptors (Lipinski definition) is 3. The number of aliphatic hydroxyl groups is 1. The van der Waals surface area contributed by atoms with Gasteiger partial charge in [0.25, 0.3) is 0 Å². The Balaban J connectivity index is 2.06. The van der Waals surface area contributed by atoms with Crippen molar-refractivity contribution in [3.05, 3.63) is 59.9 Å². The fraction of sp³-hybridized carbons (Fsp3) is 0.200. The largest absolute Gasteiger partial charge is 0.399 e. The molecule has 0 aliphatic carbocycles. The minimum absolute atomic E-state index is 0.0707. The molecule has 0 fully saturated rings. The molecular formula is C15H17FN2O. The fourth-order valence-corrected chi connectivity index (χ4v) is 1.93. The second-order valence-electron chi connectivity index (χ2n) is 4.45. The maximum absolute atomic E-state index is 13.7. The molecule has 4 heteroatoms. The van der Waals surface area contributed by atoms with E-state index in [1.54, 1.807) is 12.1 Å². The van der Waals surface area contributed by atoms with E-state index in [-0.39, 0.29) is 12.6 Å². The number of nitrogens with one attached hydrogen (secondary N) is 1. The van der Waals surface area contributed by atoms with Crippen molar-refractivity contribution in [2.24, 2.45) is 0 Å². The quantitative estimate of drug-likeness (QED) is 0.724. The molecule has 0 heterocycles. The van der Waals surface area contributed by atoms with Gasteiger partial charge in [-0.15, -0.1) is 0 Å². The number of nitrogens with two attached hydrogens (primary N) is 1. The molecule has 0 aliphatic rings. The summed E-state index contributed by atoms with van der Waals surface area (Å²) in [7, 11) is 0. The molecule has 1 atom stereocenters. The van der Waals surface area contributed by atoms with Gasteiger partial charge in [0.2, 0.25) is 0 Å². The number of nitrogen functional groups attached to an aromatic ring is 1. The monoisotopic (exact) mass is 260 g/mol. The van der Waals surface area contributed by atoms with Crippen molar-refractivity contribution in [2.75, 3.05) is 17.7 Å². The van der Waals surface area contributed by atoms with Crippen LogP contribution in [-0.2, 0) is 6.42 Å². The summed E-state index contributed by atoms with van der Waals surface area (Å²) in [6.07, 6.45) is 0.626. The van der Waals surface area contributed by atoms with Crippen molar-refractivity contribution in [2.45, 2.75) is 12.5 Å². The molecule has 4 N–H and O–H groups in total. The van der Waals surface area contributed by atoms with Gasteiger partial charge >= 0.3 is 0 Å². The summed E-state index contributed by atoms with van der Waals surface area (Å²) in [4.78, 5) is 0. The topological polar surface area (TPSA) is 58.3 Å². The minimum atomic E-state index is -0.411. The Bertz CT molecular complexity index is 531. The Labute approximate surface area is 111 Å². The molecule has 2 aromatic carbocycles. The number of benzene rings is 2. The first-order chi connectivity index (χ1) is 9.19. The second kappa shape index (κ2) is 6.20. The average molecular weight is 260 g/mol. The first kappa shape index (κ1) is 13.4. The average Bonchev–Trinajstić information content (AvgIpc) is 2.42. The third-order valence-electron chi connectivity index (χ3n) is 2.90. The summed E-state index contributed by atoms with van der Waals surface area (Å²) in [5.41, 5.74) is 7.32. The van der Waals surface area contributed by atoms with Crippen LogP contribution >= 0.6 is 0 Å². The van der Waals surface area contributed by atoms with Gasteiger partial charge in [-0.25, -0.2) is 4.39 Å². The Hall–Kier alpha value is -2.07. The van der Waals surface area contributed by atoms with Crippen LogP contribution in [0.4, 0.5) is 15.8 Å². The lowest BCUT2D eigenvalue weighted by atomic mass is 10.1. The summed E-state index contributed by atoms with van der Waals surface area (Å²) in [6, 6.07) is 14.0. The summed E-state index contributed by atoms with van der Waals surface area (Å²) >= 11 is 0. The van der Waals surface area contributed by atoms with Crippen LogP contribution in [0.2, 0.25) is 0 Å². The highest BCUT2D eigenvalue weighted by molar-refractivity contribution is 5.53. The SMILES string of the molecule is Nc1ccc(NC(CO)Cc2ccccc2)c(F)c1. The third-order valence-corrected chi connectivity index (χ3v) is 2.90. The molecule has 0 saturated carbocycles. The zero-order valence-corrected chi connectivity index (χ0v) is 10.5. The molecule has 3 nitrogen and oxygen atoms in total. The van der Waals surface area contributed by atoms with Crippen LogP contribution in [-0.4, -0.2) is 17.8 Å². The molecule has 19 heavy (non-hydrogen) atoms. The predicted molar refractivity (Wildman–Crippen MR) is 75.5 cm³/mol. The van der Waals surface area contributed by atoms with Crippen LogP contribution in [0.25, 0.3) is 0 Å². The van der Waals surface area contributed by atoms with E-state index in [2.05, 4.69) is 5.32 Å². The van der Waals surface area contributed by atoms with Gasteiger partial charge in [0.1, 0.15) is 5.82 Å². The molecule has 0 spiro atoms. The van der Waals surface area contributed by atoms with E-state index < -0.39 is 5.82 Å². The van der Waals surface area contributed by atoms with Crippen LogP contribution in [0.15, 0.2) is 48.5 Å². The Morgan fingerprint density at radius 3 is 2.53 bits per heavy atom. The van der Waals surface area contributed by atoms with Crippen molar-refractivity contribution < 1.29 is 9.50 Å². The van der Waals surface area contributed by atoms with Gasteiger partial charge < -0.3 is 16.2 Å². The summed E-state index contributed by atoms with van der Waals surface area (Å²) in [6.45, 7) is -0.0707. The molecule has 100 valence electrons. The van der Waals surface area contributed by atoms with E-state index in [0.29, 0.717) is 17.8 Å². The highest BCUT2D eigenvalue weighted by Gasteiger charge is 2.11. The van der Waals surface area contributed by atoms with E-state index in [4.69, 9.17) is 5.73 Å². The van der Waals surface area contributed by atoms with Gasteiger partial charge in [-0.1, -0.05) is 30.3 Å². The van der Waals surface area contributed by atoms with Gasteiger partial charge in [-0.3, -0.25) is 0 Å². The van der Waals surface area contributed by atoms with Crippen LogP contribution in [0, 0.1) is 5.82 Å². The van der Waals surface area contributed by atoms with Crippen LogP contribution in [0.3, 0.4) is 0 Å². The third kappa shape index (κ3) is 3.69. The lowest BCUT2D eigenvalue weighted by Crippen LogP contribution is -2.26. The zero-order valence-electron chi connectivity index (χ0n) is 10.5. The molecule has 1 unspecified atom stereocenters. The Morgan fingerprint density at radius 1 is 1.16 bits per heavy atom. The van der Waals surface area contributed by atoms with E-state index >= 15 is 0 Å². The molecule has 0 amide bonds. The molecule has 0 saturated heterocycles. The van der Waals surface area contributed by atoms with Gasteiger partial charge in [-0.05, 0) is 30.2 Å². The summed E-state index contributed by atoms with van der Waals surface area (Å²) in [5, 5.41) is 12.4. The standard InChI is InChI=1S/C15H17FN2O/c16-14-9-12(17)6-7-15(14)18-13(10-19)8-11-4-2-1-3-5-11/h1-7,9,13,18-19H,8,10,17H2.